The molecule has 22 heavy (non-hydrogen) atoms. The lowest BCUT2D eigenvalue weighted by atomic mass is 9.91. The molecule has 0 saturated heterocycles. The topological polar surface area (TPSA) is 41.5 Å². The minimum absolute atomic E-state index is 0.0213. The first-order valence-corrected chi connectivity index (χ1v) is 9.08. The summed E-state index contributed by atoms with van der Waals surface area (Å²) in [6.45, 7) is 0.196. The summed E-state index contributed by atoms with van der Waals surface area (Å²) >= 11 is 5.21. The highest BCUT2D eigenvalue weighted by atomic mass is 79.9. The molecule has 2 aliphatic rings. The molecule has 0 atom stereocenters. The fourth-order valence-corrected chi connectivity index (χ4v) is 4.72. The van der Waals surface area contributed by atoms with Gasteiger partial charge in [0.1, 0.15) is 11.5 Å². The number of aryl methyl sites for hydroxylation is 1. The summed E-state index contributed by atoms with van der Waals surface area (Å²) in [4.78, 5) is 18.0. The number of carbonyl (C=O) groups is 1. The average Bonchev–Trinajstić information content (AvgIpc) is 2.79. The minimum atomic E-state index is -0.0213. The highest BCUT2D eigenvalue weighted by molar-refractivity contribution is 9.10. The first kappa shape index (κ1) is 14.2. The molecular weight excluding hydrogens is 360 g/mol. The zero-order valence-electron chi connectivity index (χ0n) is 12.0. The molecule has 0 unspecified atom stereocenters. The fourth-order valence-electron chi connectivity index (χ4n) is 3.14. The van der Waals surface area contributed by atoms with Crippen LogP contribution in [0.25, 0.3) is 0 Å². The van der Waals surface area contributed by atoms with Gasteiger partial charge in [-0.25, -0.2) is 0 Å². The van der Waals surface area contributed by atoms with Crippen LogP contribution in [0.1, 0.15) is 34.4 Å². The summed E-state index contributed by atoms with van der Waals surface area (Å²) < 4.78 is 1.05. The number of nitrogens with one attached hydrogen (secondary N) is 1. The average molecular weight is 375 g/mol. The monoisotopic (exact) mass is 374 g/mol. The molecule has 2 heterocycles. The van der Waals surface area contributed by atoms with Gasteiger partial charge in [0.2, 0.25) is 5.91 Å². The molecule has 1 N–H and O–H groups in total. The third-order valence-electron chi connectivity index (χ3n) is 4.16. The largest absolute Gasteiger partial charge is 0.316 e. The summed E-state index contributed by atoms with van der Waals surface area (Å²) in [5, 5.41) is 4.03. The number of anilines is 1. The summed E-state index contributed by atoms with van der Waals surface area (Å²) in [6.07, 6.45) is 4.67. The molecule has 3 nitrogen and oxygen atoms in total. The molecule has 1 aliphatic heterocycles. The van der Waals surface area contributed by atoms with Crippen molar-refractivity contribution in [2.75, 3.05) is 11.9 Å². The van der Waals surface area contributed by atoms with E-state index in [9.17, 15) is 4.79 Å². The molecule has 2 aromatic rings. The normalized spacial score (nSPS) is 17.1. The minimum Gasteiger partial charge on any atom is -0.316 e. The van der Waals surface area contributed by atoms with Crippen LogP contribution in [0.4, 0.5) is 5.00 Å². The van der Waals surface area contributed by atoms with E-state index in [4.69, 9.17) is 0 Å². The van der Waals surface area contributed by atoms with Crippen molar-refractivity contribution >= 4 is 43.9 Å². The SMILES string of the molecule is O=C1CN=C(c2ccc(Br)cc2)c2c(sc3c2CCCC3)N1. The van der Waals surface area contributed by atoms with Gasteiger partial charge in [0.15, 0.2) is 0 Å². The number of amides is 1. The van der Waals surface area contributed by atoms with Crippen LogP contribution >= 0.6 is 27.3 Å². The van der Waals surface area contributed by atoms with E-state index in [1.54, 1.807) is 11.3 Å². The van der Waals surface area contributed by atoms with Crippen molar-refractivity contribution < 1.29 is 4.79 Å². The Labute approximate surface area is 141 Å². The number of rotatable bonds is 1. The van der Waals surface area contributed by atoms with Crippen LogP contribution in [0.5, 0.6) is 0 Å². The van der Waals surface area contributed by atoms with Gasteiger partial charge in [0.25, 0.3) is 0 Å². The Hall–Kier alpha value is -1.46. The van der Waals surface area contributed by atoms with E-state index in [1.165, 1.54) is 23.3 Å². The smallest absolute Gasteiger partial charge is 0.246 e. The van der Waals surface area contributed by atoms with Crippen LogP contribution in [0, 0.1) is 0 Å². The van der Waals surface area contributed by atoms with Gasteiger partial charge < -0.3 is 5.32 Å². The second kappa shape index (κ2) is 5.63. The lowest BCUT2D eigenvalue weighted by Crippen LogP contribution is -2.12. The molecule has 0 bridgehead atoms. The van der Waals surface area contributed by atoms with Crippen LogP contribution in [-0.2, 0) is 17.6 Å². The van der Waals surface area contributed by atoms with Crippen LogP contribution in [0.15, 0.2) is 33.7 Å². The maximum absolute atomic E-state index is 12.0. The van der Waals surface area contributed by atoms with E-state index < -0.39 is 0 Å². The van der Waals surface area contributed by atoms with Crippen molar-refractivity contribution in [3.8, 4) is 0 Å². The second-order valence-electron chi connectivity index (χ2n) is 5.63. The van der Waals surface area contributed by atoms with E-state index in [0.29, 0.717) is 0 Å². The zero-order valence-corrected chi connectivity index (χ0v) is 14.4. The van der Waals surface area contributed by atoms with Gasteiger partial charge in [0, 0.05) is 20.5 Å². The summed E-state index contributed by atoms with van der Waals surface area (Å²) in [5.74, 6) is -0.0213. The molecule has 1 aromatic heterocycles. The molecule has 4 rings (SSSR count). The van der Waals surface area contributed by atoms with Crippen molar-refractivity contribution in [3.05, 3.63) is 50.3 Å². The van der Waals surface area contributed by atoms with Gasteiger partial charge in [-0.05, 0) is 43.4 Å². The Morgan fingerprint density at radius 2 is 1.91 bits per heavy atom. The molecule has 0 spiro atoms. The van der Waals surface area contributed by atoms with E-state index in [2.05, 4.69) is 38.4 Å². The van der Waals surface area contributed by atoms with Gasteiger partial charge in [-0.3, -0.25) is 9.79 Å². The number of carbonyl (C=O) groups excluding carboxylic acids is 1. The van der Waals surface area contributed by atoms with Crippen LogP contribution in [0.2, 0.25) is 0 Å². The van der Waals surface area contributed by atoms with Crippen LogP contribution < -0.4 is 5.32 Å². The molecular formula is C17H15BrN2OS. The van der Waals surface area contributed by atoms with Gasteiger partial charge in [-0.2, -0.15) is 0 Å². The molecule has 0 fully saturated rings. The maximum atomic E-state index is 12.0. The summed E-state index contributed by atoms with van der Waals surface area (Å²) in [6, 6.07) is 8.18. The van der Waals surface area contributed by atoms with Gasteiger partial charge in [0.05, 0.1) is 5.71 Å². The third kappa shape index (κ3) is 2.42. The summed E-state index contributed by atoms with van der Waals surface area (Å²) in [7, 11) is 0. The predicted molar refractivity (Wildman–Crippen MR) is 94.2 cm³/mol. The number of fused-ring (bicyclic) bond motifs is 3. The fraction of sp³-hybridized carbons (Fsp3) is 0.294. The predicted octanol–water partition coefficient (Wildman–Crippen LogP) is 4.18. The number of hydrogen-bond acceptors (Lipinski definition) is 3. The van der Waals surface area contributed by atoms with E-state index in [1.807, 2.05) is 12.1 Å². The van der Waals surface area contributed by atoms with E-state index in [-0.39, 0.29) is 12.5 Å². The standard InChI is InChI=1S/C17H15BrN2OS/c18-11-7-5-10(6-8-11)16-15-12-3-1-2-4-13(12)22-17(15)20-14(21)9-19-16/h5-8H,1-4,9H2,(H,20,21). The van der Waals surface area contributed by atoms with Gasteiger partial charge >= 0.3 is 0 Å². The molecule has 1 amide bonds. The molecule has 5 heteroatoms. The van der Waals surface area contributed by atoms with Crippen molar-refractivity contribution in [1.82, 2.24) is 0 Å². The Bertz CT molecular complexity index is 777. The number of thiophene rings is 1. The van der Waals surface area contributed by atoms with Crippen LogP contribution in [-0.4, -0.2) is 18.2 Å². The van der Waals surface area contributed by atoms with Crippen molar-refractivity contribution in [2.24, 2.45) is 4.99 Å². The van der Waals surface area contributed by atoms with Gasteiger partial charge in [-0.15, -0.1) is 11.3 Å². The zero-order chi connectivity index (χ0) is 15.1. The third-order valence-corrected chi connectivity index (χ3v) is 5.90. The molecule has 1 aliphatic carbocycles. The number of hydrogen-bond donors (Lipinski definition) is 1. The Kier molecular flexibility index (Phi) is 3.62. The second-order valence-corrected chi connectivity index (χ2v) is 7.66. The highest BCUT2D eigenvalue weighted by Crippen LogP contribution is 2.40. The Morgan fingerprint density at radius 1 is 1.14 bits per heavy atom. The number of halogens is 1. The van der Waals surface area contributed by atoms with E-state index in [0.717, 1.165) is 39.2 Å². The van der Waals surface area contributed by atoms with Crippen molar-refractivity contribution in [2.45, 2.75) is 25.7 Å². The van der Waals surface area contributed by atoms with Gasteiger partial charge in [-0.1, -0.05) is 28.1 Å². The molecule has 1 aromatic carbocycles. The lowest BCUT2D eigenvalue weighted by molar-refractivity contribution is -0.114. The van der Waals surface area contributed by atoms with E-state index >= 15 is 0 Å². The number of aliphatic imine (C=N–C) groups is 1. The first-order valence-electron chi connectivity index (χ1n) is 7.47. The Balaban J connectivity index is 1.90. The molecule has 112 valence electrons. The quantitative estimate of drug-likeness (QED) is 0.798. The van der Waals surface area contributed by atoms with Crippen molar-refractivity contribution in [3.63, 3.8) is 0 Å². The highest BCUT2D eigenvalue weighted by Gasteiger charge is 2.27. The Morgan fingerprint density at radius 3 is 2.73 bits per heavy atom. The van der Waals surface area contributed by atoms with Crippen molar-refractivity contribution in [1.29, 1.82) is 0 Å². The number of benzene rings is 1. The molecule has 0 saturated carbocycles. The first-order chi connectivity index (χ1) is 10.7. The number of nitrogens with zero attached hydrogens (tertiary/aromatic N) is 1. The summed E-state index contributed by atoms with van der Waals surface area (Å²) in [5.41, 5.74) is 4.59. The molecule has 0 radical (unpaired) electrons. The van der Waals surface area contributed by atoms with Crippen LogP contribution in [0.3, 0.4) is 0 Å². The lowest BCUT2D eigenvalue weighted by Gasteiger charge is -2.14. The maximum Gasteiger partial charge on any atom is 0.246 e.